The van der Waals surface area contributed by atoms with Gasteiger partial charge in [-0.15, -0.1) is 0 Å². The van der Waals surface area contributed by atoms with E-state index in [0.29, 0.717) is 5.17 Å². The van der Waals surface area contributed by atoms with Crippen molar-refractivity contribution in [1.82, 2.24) is 4.90 Å². The van der Waals surface area contributed by atoms with E-state index in [1.807, 2.05) is 5.41 Å². The first-order chi connectivity index (χ1) is 5.81. The summed E-state index contributed by atoms with van der Waals surface area (Å²) in [6.07, 6.45) is 1.98. The van der Waals surface area contributed by atoms with Gasteiger partial charge in [0.05, 0.1) is 12.5 Å². The molecule has 0 aliphatic carbocycles. The number of thioether (sulfide) groups is 1. The van der Waals surface area contributed by atoms with Crippen molar-refractivity contribution in [2.45, 2.75) is 12.5 Å². The fraction of sp³-hybridized carbons (Fsp3) is 0.286. The lowest BCUT2D eigenvalue weighted by Gasteiger charge is -2.24. The molecule has 0 spiro atoms. The predicted octanol–water partition coefficient (Wildman–Crippen LogP) is 0.685. The molecule has 0 aromatic rings. The molecule has 0 bridgehead atoms. The summed E-state index contributed by atoms with van der Waals surface area (Å²) < 4.78 is 0. The maximum Gasteiger partial charge on any atom is 0.251 e. The average Bonchev–Trinajstić information content (AvgIpc) is 2.50. The van der Waals surface area contributed by atoms with E-state index in [9.17, 15) is 4.79 Å². The van der Waals surface area contributed by atoms with E-state index >= 15 is 0 Å². The first-order valence-corrected chi connectivity index (χ1v) is 4.32. The fourth-order valence-corrected chi connectivity index (χ4v) is 1.90. The molecule has 4 nitrogen and oxygen atoms in total. The van der Waals surface area contributed by atoms with Gasteiger partial charge in [-0.25, -0.2) is 0 Å². The van der Waals surface area contributed by atoms with E-state index in [4.69, 9.17) is 5.26 Å². The molecule has 2 aliphatic rings. The SMILES string of the molecule is N#CC1CC(=O)N=C2SC=CN21. The van der Waals surface area contributed by atoms with Gasteiger partial charge in [0.1, 0.15) is 6.04 Å². The normalized spacial score (nSPS) is 26.6. The molecular weight excluding hydrogens is 174 g/mol. The lowest BCUT2D eigenvalue weighted by atomic mass is 10.2. The van der Waals surface area contributed by atoms with E-state index < -0.39 is 0 Å². The van der Waals surface area contributed by atoms with Crippen LogP contribution in [-0.2, 0) is 4.79 Å². The van der Waals surface area contributed by atoms with E-state index in [1.165, 1.54) is 11.8 Å². The zero-order valence-corrected chi connectivity index (χ0v) is 6.91. The van der Waals surface area contributed by atoms with Crippen molar-refractivity contribution in [2.24, 2.45) is 4.99 Å². The Labute approximate surface area is 73.6 Å². The third-order valence-electron chi connectivity index (χ3n) is 1.69. The number of amides is 1. The standard InChI is InChI=1S/C7H5N3OS/c8-4-5-3-6(11)9-7-10(5)1-2-12-7/h1-2,5H,3H2. The lowest BCUT2D eigenvalue weighted by molar-refractivity contribution is -0.118. The Hall–Kier alpha value is -1.28. The highest BCUT2D eigenvalue weighted by atomic mass is 32.2. The van der Waals surface area contributed by atoms with E-state index in [1.54, 1.807) is 11.1 Å². The van der Waals surface area contributed by atoms with Gasteiger partial charge in [-0.3, -0.25) is 4.79 Å². The first-order valence-electron chi connectivity index (χ1n) is 3.44. The molecule has 0 saturated carbocycles. The minimum absolute atomic E-state index is 0.199. The third-order valence-corrected chi connectivity index (χ3v) is 2.46. The van der Waals surface area contributed by atoms with Crippen molar-refractivity contribution in [3.8, 4) is 6.07 Å². The van der Waals surface area contributed by atoms with Crippen molar-refractivity contribution in [2.75, 3.05) is 0 Å². The molecule has 0 saturated heterocycles. The van der Waals surface area contributed by atoms with Crippen molar-refractivity contribution in [1.29, 1.82) is 5.26 Å². The Morgan fingerprint density at radius 1 is 1.83 bits per heavy atom. The highest BCUT2D eigenvalue weighted by Crippen LogP contribution is 2.26. The molecule has 0 radical (unpaired) electrons. The maximum atomic E-state index is 11.0. The second-order valence-corrected chi connectivity index (χ2v) is 3.32. The number of carbonyl (C=O) groups is 1. The Morgan fingerprint density at radius 2 is 2.67 bits per heavy atom. The second-order valence-electron chi connectivity index (χ2n) is 2.45. The van der Waals surface area contributed by atoms with Crippen molar-refractivity contribution < 1.29 is 4.79 Å². The lowest BCUT2D eigenvalue weighted by Crippen LogP contribution is -2.37. The average molecular weight is 179 g/mol. The number of rotatable bonds is 0. The number of carbonyl (C=O) groups excluding carboxylic acids is 1. The molecule has 60 valence electrons. The number of nitrogens with zero attached hydrogens (tertiary/aromatic N) is 3. The number of nitriles is 1. The van der Waals surface area contributed by atoms with Gasteiger partial charge in [0.15, 0.2) is 5.17 Å². The van der Waals surface area contributed by atoms with Crippen LogP contribution >= 0.6 is 11.8 Å². The summed E-state index contributed by atoms with van der Waals surface area (Å²) in [5.74, 6) is -0.205. The molecule has 1 atom stereocenters. The highest BCUT2D eigenvalue weighted by Gasteiger charge is 2.30. The minimum Gasteiger partial charge on any atom is -0.310 e. The molecule has 2 rings (SSSR count). The van der Waals surface area contributed by atoms with Crippen molar-refractivity contribution >= 4 is 22.8 Å². The molecule has 1 unspecified atom stereocenters. The van der Waals surface area contributed by atoms with Gasteiger partial charge >= 0.3 is 0 Å². The quantitative estimate of drug-likeness (QED) is 0.548. The van der Waals surface area contributed by atoms with Gasteiger partial charge in [-0.2, -0.15) is 10.3 Å². The van der Waals surface area contributed by atoms with E-state index in [2.05, 4.69) is 11.1 Å². The first kappa shape index (κ1) is 7.37. The summed E-state index contributed by atoms with van der Waals surface area (Å²) in [5, 5.41) is 11.2. The van der Waals surface area contributed by atoms with Gasteiger partial charge in [0.25, 0.3) is 5.91 Å². The van der Waals surface area contributed by atoms with Crippen LogP contribution in [0.25, 0.3) is 0 Å². The molecule has 2 aliphatic heterocycles. The third kappa shape index (κ3) is 1.01. The van der Waals surface area contributed by atoms with Gasteiger partial charge < -0.3 is 4.90 Å². The van der Waals surface area contributed by atoms with Gasteiger partial charge in [0.2, 0.25) is 0 Å². The molecule has 0 N–H and O–H groups in total. The summed E-state index contributed by atoms with van der Waals surface area (Å²) in [6.45, 7) is 0. The molecule has 12 heavy (non-hydrogen) atoms. The summed E-state index contributed by atoms with van der Waals surface area (Å²) >= 11 is 1.37. The molecule has 0 fully saturated rings. The molecule has 0 aromatic heterocycles. The molecular formula is C7H5N3OS. The largest absolute Gasteiger partial charge is 0.310 e. The summed E-state index contributed by atoms with van der Waals surface area (Å²) in [6, 6.07) is 1.70. The predicted molar refractivity (Wildman–Crippen MR) is 45.0 cm³/mol. The molecule has 2 heterocycles. The minimum atomic E-state index is -0.365. The zero-order chi connectivity index (χ0) is 8.55. The van der Waals surface area contributed by atoms with Crippen LogP contribution in [0, 0.1) is 11.3 Å². The van der Waals surface area contributed by atoms with Crippen LogP contribution in [0.5, 0.6) is 0 Å². The Balaban J connectivity index is 2.35. The van der Waals surface area contributed by atoms with Crippen LogP contribution < -0.4 is 0 Å². The Bertz CT molecular complexity index is 328. The highest BCUT2D eigenvalue weighted by molar-refractivity contribution is 8.16. The van der Waals surface area contributed by atoms with Gasteiger partial charge in [0, 0.05) is 6.20 Å². The summed E-state index contributed by atoms with van der Waals surface area (Å²) in [4.78, 5) is 16.5. The summed E-state index contributed by atoms with van der Waals surface area (Å²) in [7, 11) is 0. The summed E-state index contributed by atoms with van der Waals surface area (Å²) in [5.41, 5.74) is 0. The van der Waals surface area contributed by atoms with Crippen molar-refractivity contribution in [3.63, 3.8) is 0 Å². The fourth-order valence-electron chi connectivity index (χ4n) is 1.13. The Morgan fingerprint density at radius 3 is 3.42 bits per heavy atom. The molecule has 1 amide bonds. The van der Waals surface area contributed by atoms with Gasteiger partial charge in [-0.05, 0) is 5.41 Å². The smallest absolute Gasteiger partial charge is 0.251 e. The van der Waals surface area contributed by atoms with Crippen LogP contribution in [-0.4, -0.2) is 22.0 Å². The second kappa shape index (κ2) is 2.64. The maximum absolute atomic E-state index is 11.0. The number of amidine groups is 1. The van der Waals surface area contributed by atoms with Crippen LogP contribution in [0.15, 0.2) is 16.6 Å². The van der Waals surface area contributed by atoms with Crippen LogP contribution in [0.1, 0.15) is 6.42 Å². The number of hydrogen-bond acceptors (Lipinski definition) is 4. The number of fused-ring (bicyclic) bond motifs is 1. The zero-order valence-electron chi connectivity index (χ0n) is 6.10. The van der Waals surface area contributed by atoms with Crippen LogP contribution in [0.4, 0.5) is 0 Å². The van der Waals surface area contributed by atoms with E-state index in [-0.39, 0.29) is 18.4 Å². The monoisotopic (exact) mass is 179 g/mol. The topological polar surface area (TPSA) is 56.5 Å². The molecule has 5 heteroatoms. The van der Waals surface area contributed by atoms with Gasteiger partial charge in [-0.1, -0.05) is 11.8 Å². The Kier molecular flexibility index (Phi) is 1.62. The van der Waals surface area contributed by atoms with Crippen molar-refractivity contribution in [3.05, 3.63) is 11.6 Å². The number of hydrogen-bond donors (Lipinski definition) is 0. The van der Waals surface area contributed by atoms with Crippen LogP contribution in [0.2, 0.25) is 0 Å². The number of aliphatic imine (C=N–C) groups is 1. The molecule has 0 aromatic carbocycles. The van der Waals surface area contributed by atoms with Crippen LogP contribution in [0.3, 0.4) is 0 Å². The van der Waals surface area contributed by atoms with E-state index in [0.717, 1.165) is 0 Å².